The van der Waals surface area contributed by atoms with Crippen LogP contribution in [-0.2, 0) is 22.6 Å². The lowest BCUT2D eigenvalue weighted by molar-refractivity contribution is -0.921. The van der Waals surface area contributed by atoms with Crippen LogP contribution < -0.4 is 15.5 Å². The Morgan fingerprint density at radius 1 is 1.18 bits per heavy atom. The number of quaternary nitrogens is 2. The van der Waals surface area contributed by atoms with Crippen molar-refractivity contribution in [1.82, 2.24) is 5.32 Å². The number of carbonyl (C=O) groups excluding carboxylic acids is 1. The first-order valence-electron chi connectivity index (χ1n) is 9.95. The molecule has 0 bridgehead atoms. The minimum Gasteiger partial charge on any atom is -0.370 e. The lowest BCUT2D eigenvalue weighted by Gasteiger charge is -2.23. The first kappa shape index (κ1) is 20.8. The van der Waals surface area contributed by atoms with E-state index in [0.717, 1.165) is 49.0 Å². The van der Waals surface area contributed by atoms with Gasteiger partial charge in [0, 0.05) is 22.7 Å². The second-order valence-electron chi connectivity index (χ2n) is 7.42. The number of rotatable bonds is 8. The Morgan fingerprint density at radius 2 is 1.89 bits per heavy atom. The smallest absolute Gasteiger partial charge is 0.275 e. The van der Waals surface area contributed by atoms with Crippen LogP contribution in [0, 0.1) is 0 Å². The van der Waals surface area contributed by atoms with E-state index in [0.29, 0.717) is 13.1 Å². The molecule has 1 aliphatic heterocycles. The SMILES string of the molecule is C[C@@H]([NH2+]CC(=O)NCc1ccc(C[NH+]2CCOCC2)cc1)c1cccc(Cl)c1. The van der Waals surface area contributed by atoms with Crippen LogP contribution in [-0.4, -0.2) is 38.8 Å². The fourth-order valence-electron chi connectivity index (χ4n) is 3.38. The van der Waals surface area contributed by atoms with Gasteiger partial charge in [0.05, 0.1) is 13.2 Å². The summed E-state index contributed by atoms with van der Waals surface area (Å²) in [5.41, 5.74) is 3.57. The average molecular weight is 404 g/mol. The zero-order valence-electron chi connectivity index (χ0n) is 16.4. The van der Waals surface area contributed by atoms with Crippen LogP contribution in [0.25, 0.3) is 0 Å². The molecule has 1 amide bonds. The minimum atomic E-state index is 0.0377. The molecule has 0 unspecified atom stereocenters. The summed E-state index contributed by atoms with van der Waals surface area (Å²) in [6.07, 6.45) is 0. The highest BCUT2D eigenvalue weighted by Gasteiger charge is 2.14. The molecule has 3 rings (SSSR count). The number of nitrogens with two attached hydrogens (primary N) is 1. The molecule has 1 aliphatic rings. The molecule has 0 saturated carbocycles. The van der Waals surface area contributed by atoms with E-state index in [1.54, 1.807) is 4.90 Å². The first-order valence-corrected chi connectivity index (χ1v) is 10.3. The van der Waals surface area contributed by atoms with Crippen molar-refractivity contribution >= 4 is 17.5 Å². The van der Waals surface area contributed by atoms with E-state index in [9.17, 15) is 4.79 Å². The number of hydrogen-bond donors (Lipinski definition) is 3. The van der Waals surface area contributed by atoms with Crippen molar-refractivity contribution in [3.63, 3.8) is 0 Å². The van der Waals surface area contributed by atoms with Gasteiger partial charge in [0.2, 0.25) is 0 Å². The summed E-state index contributed by atoms with van der Waals surface area (Å²) in [5.74, 6) is 0.0377. The van der Waals surface area contributed by atoms with Gasteiger partial charge in [-0.2, -0.15) is 0 Å². The molecule has 2 aromatic carbocycles. The van der Waals surface area contributed by atoms with Gasteiger partial charge in [-0.15, -0.1) is 0 Å². The maximum absolute atomic E-state index is 12.2. The van der Waals surface area contributed by atoms with Crippen molar-refractivity contribution in [3.05, 3.63) is 70.2 Å². The van der Waals surface area contributed by atoms with Gasteiger partial charge in [-0.05, 0) is 24.6 Å². The van der Waals surface area contributed by atoms with Crippen molar-refractivity contribution < 1.29 is 19.7 Å². The molecule has 1 saturated heterocycles. The average Bonchev–Trinajstić information content (AvgIpc) is 2.72. The standard InChI is InChI=1S/C22H28ClN3O2/c1-17(20-3-2-4-21(23)13-20)24-15-22(27)25-14-18-5-7-19(8-6-18)16-26-9-11-28-12-10-26/h2-8,13,17,24H,9-12,14-16H2,1H3,(H,25,27)/p+2/t17-/m1/s1. The summed E-state index contributed by atoms with van der Waals surface area (Å²) in [4.78, 5) is 13.7. The zero-order valence-corrected chi connectivity index (χ0v) is 17.2. The highest BCUT2D eigenvalue weighted by Crippen LogP contribution is 2.14. The van der Waals surface area contributed by atoms with E-state index < -0.39 is 0 Å². The van der Waals surface area contributed by atoms with E-state index in [-0.39, 0.29) is 11.9 Å². The highest BCUT2D eigenvalue weighted by atomic mass is 35.5. The van der Waals surface area contributed by atoms with Crippen LogP contribution in [0.3, 0.4) is 0 Å². The Hall–Kier alpha value is -1.92. The summed E-state index contributed by atoms with van der Waals surface area (Å²) in [5, 5.41) is 5.75. The normalized spacial score (nSPS) is 15.9. The van der Waals surface area contributed by atoms with Crippen molar-refractivity contribution in [2.24, 2.45) is 0 Å². The molecule has 0 aliphatic carbocycles. The van der Waals surface area contributed by atoms with Crippen molar-refractivity contribution in [3.8, 4) is 0 Å². The molecule has 0 spiro atoms. The molecule has 2 aromatic rings. The molecular formula is C22H30ClN3O2+2. The van der Waals surface area contributed by atoms with Crippen molar-refractivity contribution in [2.75, 3.05) is 32.8 Å². The lowest BCUT2D eigenvalue weighted by atomic mass is 10.1. The largest absolute Gasteiger partial charge is 0.370 e. The third-order valence-electron chi connectivity index (χ3n) is 5.20. The summed E-state index contributed by atoms with van der Waals surface area (Å²) in [6, 6.07) is 16.5. The molecule has 150 valence electrons. The van der Waals surface area contributed by atoms with Gasteiger partial charge in [-0.3, -0.25) is 4.79 Å². The monoisotopic (exact) mass is 403 g/mol. The zero-order chi connectivity index (χ0) is 19.8. The van der Waals surface area contributed by atoms with Gasteiger partial charge in [-0.1, -0.05) is 48.0 Å². The third-order valence-corrected chi connectivity index (χ3v) is 5.43. The molecular weight excluding hydrogens is 374 g/mol. The van der Waals surface area contributed by atoms with E-state index in [4.69, 9.17) is 16.3 Å². The maximum Gasteiger partial charge on any atom is 0.275 e. The number of morpholine rings is 1. The Kier molecular flexibility index (Phi) is 7.86. The number of hydrogen-bond acceptors (Lipinski definition) is 2. The Morgan fingerprint density at radius 3 is 2.61 bits per heavy atom. The van der Waals surface area contributed by atoms with Crippen molar-refractivity contribution in [2.45, 2.75) is 26.1 Å². The molecule has 1 atom stereocenters. The van der Waals surface area contributed by atoms with Crippen LogP contribution in [0.1, 0.15) is 29.7 Å². The van der Waals surface area contributed by atoms with Crippen LogP contribution in [0.2, 0.25) is 5.02 Å². The number of carbonyl (C=O) groups is 1. The summed E-state index contributed by atoms with van der Waals surface area (Å²) >= 11 is 6.03. The summed E-state index contributed by atoms with van der Waals surface area (Å²) < 4.78 is 5.41. The van der Waals surface area contributed by atoms with Gasteiger partial charge in [0.25, 0.3) is 5.91 Å². The predicted molar refractivity (Wildman–Crippen MR) is 110 cm³/mol. The van der Waals surface area contributed by atoms with E-state index in [2.05, 4.69) is 36.5 Å². The first-order chi connectivity index (χ1) is 13.6. The Labute approximate surface area is 172 Å². The second kappa shape index (κ2) is 10.6. The number of amides is 1. The maximum atomic E-state index is 12.2. The molecule has 0 radical (unpaired) electrons. The summed E-state index contributed by atoms with van der Waals surface area (Å²) in [7, 11) is 0. The van der Waals surface area contributed by atoms with Crippen LogP contribution in [0.4, 0.5) is 0 Å². The molecule has 28 heavy (non-hydrogen) atoms. The molecule has 1 fully saturated rings. The summed E-state index contributed by atoms with van der Waals surface area (Å²) in [6.45, 7) is 7.91. The fourth-order valence-corrected chi connectivity index (χ4v) is 3.58. The van der Waals surface area contributed by atoms with Gasteiger partial charge < -0.3 is 20.3 Å². The van der Waals surface area contributed by atoms with Crippen molar-refractivity contribution in [1.29, 1.82) is 0 Å². The molecule has 4 N–H and O–H groups in total. The van der Waals surface area contributed by atoms with Gasteiger partial charge in [-0.25, -0.2) is 0 Å². The van der Waals surface area contributed by atoms with Crippen LogP contribution >= 0.6 is 11.6 Å². The second-order valence-corrected chi connectivity index (χ2v) is 7.85. The molecule has 1 heterocycles. The minimum absolute atomic E-state index is 0.0377. The molecule has 6 heteroatoms. The highest BCUT2D eigenvalue weighted by molar-refractivity contribution is 6.30. The number of halogens is 1. The quantitative estimate of drug-likeness (QED) is 0.607. The molecule has 0 aromatic heterocycles. The topological polar surface area (TPSA) is 59.4 Å². The number of benzene rings is 2. The predicted octanol–water partition coefficient (Wildman–Crippen LogP) is 0.696. The van der Waals surface area contributed by atoms with E-state index in [1.165, 1.54) is 5.56 Å². The van der Waals surface area contributed by atoms with Crippen LogP contribution in [0.15, 0.2) is 48.5 Å². The van der Waals surface area contributed by atoms with Gasteiger partial charge in [0.1, 0.15) is 25.7 Å². The van der Waals surface area contributed by atoms with Crippen LogP contribution in [0.5, 0.6) is 0 Å². The fraction of sp³-hybridized carbons (Fsp3) is 0.409. The number of ether oxygens (including phenoxy) is 1. The third kappa shape index (κ3) is 6.60. The Balaban J connectivity index is 1.39. The van der Waals surface area contributed by atoms with E-state index in [1.807, 2.05) is 29.6 Å². The van der Waals surface area contributed by atoms with Gasteiger partial charge >= 0.3 is 0 Å². The number of nitrogens with one attached hydrogen (secondary N) is 2. The van der Waals surface area contributed by atoms with Gasteiger partial charge in [0.15, 0.2) is 6.54 Å². The molecule has 5 nitrogen and oxygen atoms in total. The lowest BCUT2D eigenvalue weighted by Crippen LogP contribution is -3.12. The van der Waals surface area contributed by atoms with E-state index >= 15 is 0 Å². The Bertz CT molecular complexity index is 761.